The van der Waals surface area contributed by atoms with Crippen LogP contribution >= 0.6 is 11.6 Å². The SMILES string of the molecule is CC1(NCC(=O)O)CCN(Cc2cn3cc(Cl)ccc3n2)C1. The van der Waals surface area contributed by atoms with Crippen molar-refractivity contribution >= 4 is 23.2 Å². The van der Waals surface area contributed by atoms with Crippen LogP contribution in [0.2, 0.25) is 5.02 Å². The van der Waals surface area contributed by atoms with Crippen LogP contribution in [0.15, 0.2) is 24.5 Å². The Hall–Kier alpha value is -1.63. The Morgan fingerprint density at radius 1 is 1.50 bits per heavy atom. The lowest BCUT2D eigenvalue weighted by Crippen LogP contribution is -2.46. The van der Waals surface area contributed by atoms with Crippen LogP contribution in [0.1, 0.15) is 19.0 Å². The number of carboxylic acid groups (broad SMARTS) is 1. The molecule has 7 heteroatoms. The van der Waals surface area contributed by atoms with Crippen LogP contribution in [0.4, 0.5) is 0 Å². The minimum atomic E-state index is -0.822. The summed E-state index contributed by atoms with van der Waals surface area (Å²) in [6, 6.07) is 3.73. The van der Waals surface area contributed by atoms with E-state index in [4.69, 9.17) is 16.7 Å². The van der Waals surface area contributed by atoms with Gasteiger partial charge in [-0.2, -0.15) is 0 Å². The van der Waals surface area contributed by atoms with Gasteiger partial charge in [-0.3, -0.25) is 9.69 Å². The van der Waals surface area contributed by atoms with E-state index in [9.17, 15) is 4.79 Å². The molecule has 0 spiro atoms. The summed E-state index contributed by atoms with van der Waals surface area (Å²) < 4.78 is 1.93. The van der Waals surface area contributed by atoms with E-state index in [2.05, 4.69) is 22.1 Å². The summed E-state index contributed by atoms with van der Waals surface area (Å²) in [7, 11) is 0. The van der Waals surface area contributed by atoms with E-state index in [0.29, 0.717) is 5.02 Å². The number of nitrogens with zero attached hydrogens (tertiary/aromatic N) is 3. The number of rotatable bonds is 5. The average Bonchev–Trinajstić information content (AvgIpc) is 3.00. The zero-order valence-electron chi connectivity index (χ0n) is 12.4. The summed E-state index contributed by atoms with van der Waals surface area (Å²) in [6.07, 6.45) is 4.76. The standard InChI is InChI=1S/C15H19ClN4O2/c1-15(17-6-14(21)22)4-5-19(10-15)8-12-9-20-7-11(16)2-3-13(20)18-12/h2-3,7,9,17H,4-6,8,10H2,1H3,(H,21,22). The van der Waals surface area contributed by atoms with Gasteiger partial charge in [-0.15, -0.1) is 0 Å². The molecule has 0 bridgehead atoms. The number of likely N-dealkylation sites (tertiary alicyclic amines) is 1. The zero-order valence-corrected chi connectivity index (χ0v) is 13.2. The van der Waals surface area contributed by atoms with E-state index >= 15 is 0 Å². The van der Waals surface area contributed by atoms with Crippen molar-refractivity contribution in [3.05, 3.63) is 35.2 Å². The second kappa shape index (κ2) is 5.87. The third-order valence-corrected chi connectivity index (χ3v) is 4.29. The molecule has 0 amide bonds. The topological polar surface area (TPSA) is 69.9 Å². The molecular weight excluding hydrogens is 304 g/mol. The van der Waals surface area contributed by atoms with E-state index < -0.39 is 5.97 Å². The predicted molar refractivity (Wildman–Crippen MR) is 84.1 cm³/mol. The van der Waals surface area contributed by atoms with Crippen molar-refractivity contribution in [3.63, 3.8) is 0 Å². The summed E-state index contributed by atoms with van der Waals surface area (Å²) >= 11 is 5.98. The lowest BCUT2D eigenvalue weighted by molar-refractivity contribution is -0.136. The maximum absolute atomic E-state index is 10.7. The number of hydrogen-bond donors (Lipinski definition) is 2. The first-order valence-electron chi connectivity index (χ1n) is 7.26. The molecular formula is C15H19ClN4O2. The van der Waals surface area contributed by atoms with Gasteiger partial charge in [0, 0.05) is 37.6 Å². The van der Waals surface area contributed by atoms with E-state index in [1.807, 2.05) is 28.9 Å². The molecule has 2 aromatic heterocycles. The molecule has 118 valence electrons. The van der Waals surface area contributed by atoms with Crippen LogP contribution in [0.5, 0.6) is 0 Å². The number of pyridine rings is 1. The number of hydrogen-bond acceptors (Lipinski definition) is 4. The van der Waals surface area contributed by atoms with Crippen LogP contribution < -0.4 is 5.32 Å². The highest BCUT2D eigenvalue weighted by Crippen LogP contribution is 2.22. The Balaban J connectivity index is 1.64. The quantitative estimate of drug-likeness (QED) is 0.875. The van der Waals surface area contributed by atoms with Crippen LogP contribution in [-0.2, 0) is 11.3 Å². The molecule has 1 saturated heterocycles. The second-order valence-corrected chi connectivity index (χ2v) is 6.55. The number of imidazole rings is 1. The minimum Gasteiger partial charge on any atom is -0.480 e. The first-order chi connectivity index (χ1) is 10.4. The maximum Gasteiger partial charge on any atom is 0.317 e. The highest BCUT2D eigenvalue weighted by Gasteiger charge is 2.33. The molecule has 3 heterocycles. The molecule has 1 fully saturated rings. The summed E-state index contributed by atoms with van der Waals surface area (Å²) in [4.78, 5) is 17.6. The molecule has 2 aromatic rings. The first kappa shape index (κ1) is 15.3. The van der Waals surface area contributed by atoms with Crippen molar-refractivity contribution in [3.8, 4) is 0 Å². The number of nitrogens with one attached hydrogen (secondary N) is 1. The fourth-order valence-corrected chi connectivity index (χ4v) is 3.12. The van der Waals surface area contributed by atoms with Crippen molar-refractivity contribution < 1.29 is 9.90 Å². The van der Waals surface area contributed by atoms with E-state index in [0.717, 1.165) is 37.4 Å². The number of fused-ring (bicyclic) bond motifs is 1. The Morgan fingerprint density at radius 2 is 2.32 bits per heavy atom. The number of carbonyl (C=O) groups is 1. The summed E-state index contributed by atoms with van der Waals surface area (Å²) in [6.45, 7) is 4.56. The van der Waals surface area contributed by atoms with Gasteiger partial charge in [-0.25, -0.2) is 4.98 Å². The van der Waals surface area contributed by atoms with Gasteiger partial charge in [0.2, 0.25) is 0 Å². The van der Waals surface area contributed by atoms with E-state index in [1.54, 1.807) is 0 Å². The molecule has 1 atom stereocenters. The van der Waals surface area contributed by atoms with E-state index in [1.165, 1.54) is 0 Å². The van der Waals surface area contributed by atoms with Gasteiger partial charge in [-0.05, 0) is 25.5 Å². The lowest BCUT2D eigenvalue weighted by atomic mass is 10.0. The molecule has 2 N–H and O–H groups in total. The predicted octanol–water partition coefficient (Wildman–Crippen LogP) is 1.63. The van der Waals surface area contributed by atoms with Crippen molar-refractivity contribution in [2.75, 3.05) is 19.6 Å². The number of carboxylic acids is 1. The average molecular weight is 323 g/mol. The third-order valence-electron chi connectivity index (χ3n) is 4.07. The highest BCUT2D eigenvalue weighted by molar-refractivity contribution is 6.30. The number of aromatic nitrogens is 2. The van der Waals surface area contributed by atoms with Crippen LogP contribution in [0.25, 0.3) is 5.65 Å². The fourth-order valence-electron chi connectivity index (χ4n) is 2.95. The Bertz CT molecular complexity index is 702. The second-order valence-electron chi connectivity index (χ2n) is 6.11. The normalized spacial score (nSPS) is 22.5. The molecule has 0 aromatic carbocycles. The van der Waals surface area contributed by atoms with Crippen molar-refractivity contribution in [1.29, 1.82) is 0 Å². The van der Waals surface area contributed by atoms with Crippen molar-refractivity contribution in [2.24, 2.45) is 0 Å². The van der Waals surface area contributed by atoms with Gasteiger partial charge in [0.25, 0.3) is 0 Å². The molecule has 1 aliphatic heterocycles. The summed E-state index contributed by atoms with van der Waals surface area (Å²) in [5.41, 5.74) is 1.72. The molecule has 0 saturated carbocycles. The number of halogens is 1. The van der Waals surface area contributed by atoms with Gasteiger partial charge >= 0.3 is 5.97 Å². The van der Waals surface area contributed by atoms with Crippen LogP contribution in [0, 0.1) is 0 Å². The third kappa shape index (κ3) is 3.40. The fraction of sp³-hybridized carbons (Fsp3) is 0.467. The molecule has 6 nitrogen and oxygen atoms in total. The molecule has 3 rings (SSSR count). The molecule has 1 aliphatic rings. The smallest absolute Gasteiger partial charge is 0.317 e. The Morgan fingerprint density at radius 3 is 3.09 bits per heavy atom. The summed E-state index contributed by atoms with van der Waals surface area (Å²) in [5, 5.41) is 12.6. The van der Waals surface area contributed by atoms with Gasteiger partial charge in [0.1, 0.15) is 5.65 Å². The van der Waals surface area contributed by atoms with Gasteiger partial charge in [0.05, 0.1) is 17.3 Å². The van der Waals surface area contributed by atoms with Gasteiger partial charge < -0.3 is 14.8 Å². The first-order valence-corrected chi connectivity index (χ1v) is 7.64. The lowest BCUT2D eigenvalue weighted by Gasteiger charge is -2.25. The van der Waals surface area contributed by atoms with Gasteiger partial charge in [-0.1, -0.05) is 11.6 Å². The minimum absolute atomic E-state index is 0.00277. The van der Waals surface area contributed by atoms with Crippen LogP contribution in [-0.4, -0.2) is 50.5 Å². The van der Waals surface area contributed by atoms with Gasteiger partial charge in [0.15, 0.2) is 0 Å². The zero-order chi connectivity index (χ0) is 15.7. The number of aliphatic carboxylic acids is 1. The van der Waals surface area contributed by atoms with Crippen LogP contribution in [0.3, 0.4) is 0 Å². The maximum atomic E-state index is 10.7. The Labute approximate surface area is 133 Å². The Kier molecular flexibility index (Phi) is 4.08. The molecule has 22 heavy (non-hydrogen) atoms. The summed E-state index contributed by atoms with van der Waals surface area (Å²) in [5.74, 6) is -0.822. The molecule has 0 aliphatic carbocycles. The molecule has 0 radical (unpaired) electrons. The largest absolute Gasteiger partial charge is 0.480 e. The van der Waals surface area contributed by atoms with E-state index in [-0.39, 0.29) is 12.1 Å². The monoisotopic (exact) mass is 322 g/mol. The van der Waals surface area contributed by atoms with Crippen molar-refractivity contribution in [1.82, 2.24) is 19.6 Å². The van der Waals surface area contributed by atoms with Crippen molar-refractivity contribution in [2.45, 2.75) is 25.4 Å². The molecule has 1 unspecified atom stereocenters. The highest BCUT2D eigenvalue weighted by atomic mass is 35.5.